The molecule has 1 atom stereocenters. The summed E-state index contributed by atoms with van der Waals surface area (Å²) in [7, 11) is -3.12. The molecular formula is C17H28O2S. The van der Waals surface area contributed by atoms with E-state index in [4.69, 9.17) is 0 Å². The molecule has 0 aliphatic heterocycles. The summed E-state index contributed by atoms with van der Waals surface area (Å²) in [5.74, 6) is 0.413. The van der Waals surface area contributed by atoms with Crippen molar-refractivity contribution in [3.05, 3.63) is 29.8 Å². The van der Waals surface area contributed by atoms with Crippen LogP contribution in [0.1, 0.15) is 59.4 Å². The molecule has 114 valence electrons. The highest BCUT2D eigenvalue weighted by atomic mass is 32.2. The lowest BCUT2D eigenvalue weighted by Gasteiger charge is -2.36. The van der Waals surface area contributed by atoms with Gasteiger partial charge in [-0.3, -0.25) is 0 Å². The first-order valence-corrected chi connectivity index (χ1v) is 9.00. The van der Waals surface area contributed by atoms with Gasteiger partial charge in [0.2, 0.25) is 0 Å². The van der Waals surface area contributed by atoms with Crippen LogP contribution in [0.4, 0.5) is 0 Å². The van der Waals surface area contributed by atoms with E-state index in [1.165, 1.54) is 11.8 Å². The lowest BCUT2D eigenvalue weighted by Crippen LogP contribution is -2.23. The van der Waals surface area contributed by atoms with E-state index in [1.807, 2.05) is 12.1 Å². The summed E-state index contributed by atoms with van der Waals surface area (Å²) in [6.07, 6.45) is 2.33. The van der Waals surface area contributed by atoms with Crippen molar-refractivity contribution >= 4 is 9.84 Å². The summed E-state index contributed by atoms with van der Waals surface area (Å²) < 4.78 is 23.1. The molecule has 3 heteroatoms. The zero-order valence-corrected chi connectivity index (χ0v) is 14.6. The van der Waals surface area contributed by atoms with E-state index in [0.717, 1.165) is 6.42 Å². The van der Waals surface area contributed by atoms with E-state index in [2.05, 4.69) is 41.5 Å². The Bertz CT molecular complexity index is 540. The molecular weight excluding hydrogens is 268 g/mol. The highest BCUT2D eigenvalue weighted by Gasteiger charge is 2.30. The first kappa shape index (κ1) is 17.2. The monoisotopic (exact) mass is 296 g/mol. The van der Waals surface area contributed by atoms with Crippen LogP contribution in [0.5, 0.6) is 0 Å². The average Bonchev–Trinajstić information content (AvgIpc) is 2.22. The van der Waals surface area contributed by atoms with Crippen LogP contribution in [-0.2, 0) is 9.84 Å². The van der Waals surface area contributed by atoms with Gasteiger partial charge in [-0.25, -0.2) is 8.42 Å². The molecule has 0 fully saturated rings. The maximum atomic E-state index is 11.5. The topological polar surface area (TPSA) is 34.1 Å². The number of hydrogen-bond donors (Lipinski definition) is 0. The molecule has 0 amide bonds. The fraction of sp³-hybridized carbons (Fsp3) is 0.647. The summed E-state index contributed by atoms with van der Waals surface area (Å²) >= 11 is 0. The van der Waals surface area contributed by atoms with Gasteiger partial charge >= 0.3 is 0 Å². The Morgan fingerprint density at radius 1 is 0.950 bits per heavy atom. The number of hydrogen-bond acceptors (Lipinski definition) is 2. The summed E-state index contributed by atoms with van der Waals surface area (Å²) in [4.78, 5) is 0.393. The minimum Gasteiger partial charge on any atom is -0.224 e. The van der Waals surface area contributed by atoms with Crippen LogP contribution in [0.3, 0.4) is 0 Å². The van der Waals surface area contributed by atoms with Gasteiger partial charge in [-0.1, -0.05) is 53.7 Å². The van der Waals surface area contributed by atoms with Gasteiger partial charge < -0.3 is 0 Å². The van der Waals surface area contributed by atoms with E-state index >= 15 is 0 Å². The second kappa shape index (κ2) is 5.51. The van der Waals surface area contributed by atoms with Gasteiger partial charge in [0.1, 0.15) is 0 Å². The normalized spacial score (nSPS) is 15.2. The van der Waals surface area contributed by atoms with Crippen LogP contribution >= 0.6 is 0 Å². The number of benzene rings is 1. The standard InChI is InChI=1S/C17H28O2S/c1-16(2,3)12-15(17(4,5)6)13-8-10-14(11-9-13)20(7,18)19/h8-11,15H,12H2,1-7H3. The van der Waals surface area contributed by atoms with E-state index in [0.29, 0.717) is 10.8 Å². The van der Waals surface area contributed by atoms with Crippen molar-refractivity contribution in [1.29, 1.82) is 0 Å². The van der Waals surface area contributed by atoms with Gasteiger partial charge in [0, 0.05) is 6.26 Å². The SMILES string of the molecule is CC(C)(C)CC(c1ccc(S(C)(=O)=O)cc1)C(C)(C)C. The molecule has 2 nitrogen and oxygen atoms in total. The van der Waals surface area contributed by atoms with Crippen LogP contribution in [0.15, 0.2) is 29.2 Å². The fourth-order valence-electron chi connectivity index (χ4n) is 2.48. The van der Waals surface area contributed by atoms with E-state index in [-0.39, 0.29) is 10.8 Å². The molecule has 1 rings (SSSR count). The molecule has 0 bridgehead atoms. The van der Waals surface area contributed by atoms with Gasteiger partial charge in [-0.2, -0.15) is 0 Å². The predicted molar refractivity (Wildman–Crippen MR) is 85.8 cm³/mol. The first-order valence-electron chi connectivity index (χ1n) is 7.11. The Morgan fingerprint density at radius 2 is 1.40 bits per heavy atom. The zero-order valence-electron chi connectivity index (χ0n) is 13.8. The maximum absolute atomic E-state index is 11.5. The largest absolute Gasteiger partial charge is 0.224 e. The molecule has 0 radical (unpaired) electrons. The molecule has 0 N–H and O–H groups in total. The molecule has 0 saturated heterocycles. The quantitative estimate of drug-likeness (QED) is 0.813. The van der Waals surface area contributed by atoms with E-state index in [9.17, 15) is 8.42 Å². The van der Waals surface area contributed by atoms with Crippen LogP contribution in [0.2, 0.25) is 0 Å². The lowest BCUT2D eigenvalue weighted by molar-refractivity contribution is 0.229. The van der Waals surface area contributed by atoms with Gasteiger partial charge in [0.15, 0.2) is 9.84 Å². The Labute approximate surface area is 124 Å². The minimum absolute atomic E-state index is 0.153. The van der Waals surface area contributed by atoms with Gasteiger partial charge in [-0.15, -0.1) is 0 Å². The molecule has 0 spiro atoms. The van der Waals surface area contributed by atoms with E-state index in [1.54, 1.807) is 12.1 Å². The second-order valence-corrected chi connectivity index (χ2v) is 10.0. The first-order chi connectivity index (χ1) is 8.81. The third-order valence-electron chi connectivity index (χ3n) is 3.57. The Hall–Kier alpha value is -0.830. The number of sulfone groups is 1. The number of rotatable bonds is 3. The summed E-state index contributed by atoms with van der Waals surface area (Å²) in [6, 6.07) is 7.40. The third kappa shape index (κ3) is 4.93. The summed E-state index contributed by atoms with van der Waals surface area (Å²) in [5, 5.41) is 0. The van der Waals surface area contributed by atoms with Gasteiger partial charge in [-0.05, 0) is 40.9 Å². The van der Waals surface area contributed by atoms with Crippen molar-refractivity contribution in [3.8, 4) is 0 Å². The van der Waals surface area contributed by atoms with Crippen molar-refractivity contribution in [2.24, 2.45) is 10.8 Å². The Kier molecular flexibility index (Phi) is 4.75. The highest BCUT2D eigenvalue weighted by molar-refractivity contribution is 7.90. The van der Waals surface area contributed by atoms with Crippen LogP contribution in [0, 0.1) is 10.8 Å². The smallest absolute Gasteiger partial charge is 0.175 e. The van der Waals surface area contributed by atoms with Crippen molar-refractivity contribution in [2.45, 2.75) is 58.8 Å². The molecule has 0 aromatic heterocycles. The van der Waals surface area contributed by atoms with Crippen molar-refractivity contribution < 1.29 is 8.42 Å². The molecule has 1 unspecified atom stereocenters. The van der Waals surface area contributed by atoms with Gasteiger partial charge in [0.05, 0.1) is 4.90 Å². The van der Waals surface area contributed by atoms with E-state index < -0.39 is 9.84 Å². The minimum atomic E-state index is -3.12. The Morgan fingerprint density at radius 3 is 1.70 bits per heavy atom. The molecule has 0 aliphatic carbocycles. The van der Waals surface area contributed by atoms with Crippen LogP contribution < -0.4 is 0 Å². The molecule has 0 heterocycles. The fourth-order valence-corrected chi connectivity index (χ4v) is 3.11. The van der Waals surface area contributed by atoms with Crippen LogP contribution in [-0.4, -0.2) is 14.7 Å². The summed E-state index contributed by atoms with van der Waals surface area (Å²) in [5.41, 5.74) is 1.62. The van der Waals surface area contributed by atoms with Crippen molar-refractivity contribution in [3.63, 3.8) is 0 Å². The lowest BCUT2D eigenvalue weighted by atomic mass is 9.69. The van der Waals surface area contributed by atoms with Crippen molar-refractivity contribution in [2.75, 3.05) is 6.26 Å². The molecule has 0 saturated carbocycles. The maximum Gasteiger partial charge on any atom is 0.175 e. The molecule has 20 heavy (non-hydrogen) atoms. The second-order valence-electron chi connectivity index (χ2n) is 8.02. The molecule has 1 aromatic rings. The molecule has 1 aromatic carbocycles. The zero-order chi connectivity index (χ0) is 15.8. The Balaban J connectivity index is 3.16. The van der Waals surface area contributed by atoms with Crippen LogP contribution in [0.25, 0.3) is 0 Å². The highest BCUT2D eigenvalue weighted by Crippen LogP contribution is 2.43. The predicted octanol–water partition coefficient (Wildman–Crippen LogP) is 4.66. The molecule has 0 aliphatic rings. The average molecular weight is 296 g/mol. The van der Waals surface area contributed by atoms with Crippen molar-refractivity contribution in [1.82, 2.24) is 0 Å². The summed E-state index contributed by atoms with van der Waals surface area (Å²) in [6.45, 7) is 13.5. The van der Waals surface area contributed by atoms with Gasteiger partial charge in [0.25, 0.3) is 0 Å². The third-order valence-corrected chi connectivity index (χ3v) is 4.70.